The van der Waals surface area contributed by atoms with E-state index < -0.39 is 0 Å². The van der Waals surface area contributed by atoms with Crippen molar-refractivity contribution in [2.75, 3.05) is 0 Å². The van der Waals surface area contributed by atoms with Gasteiger partial charge in [-0.2, -0.15) is 0 Å². The number of benzene rings is 3. The van der Waals surface area contributed by atoms with Crippen molar-refractivity contribution in [3.05, 3.63) is 100 Å². The van der Waals surface area contributed by atoms with Crippen molar-refractivity contribution in [2.24, 2.45) is 0 Å². The fourth-order valence-electron chi connectivity index (χ4n) is 2.60. The van der Waals surface area contributed by atoms with Crippen LogP contribution in [0.3, 0.4) is 0 Å². The van der Waals surface area contributed by atoms with Crippen LogP contribution in [-0.2, 0) is 12.8 Å². The van der Waals surface area contributed by atoms with Gasteiger partial charge in [0, 0.05) is 12.0 Å². The molecule has 0 saturated heterocycles. The molecule has 22 heavy (non-hydrogen) atoms. The minimum absolute atomic E-state index is 0.183. The summed E-state index contributed by atoms with van der Waals surface area (Å²) < 4.78 is 0. The highest BCUT2D eigenvalue weighted by atomic mass is 35.5. The van der Waals surface area contributed by atoms with Crippen molar-refractivity contribution in [1.29, 1.82) is 0 Å². The van der Waals surface area contributed by atoms with Crippen molar-refractivity contribution in [3.63, 3.8) is 0 Å². The number of phenols is 1. The average Bonchev–Trinajstić information content (AvgIpc) is 2.54. The predicted octanol–water partition coefficient (Wildman–Crippen LogP) is 5.23. The number of rotatable bonds is 4. The summed E-state index contributed by atoms with van der Waals surface area (Å²) >= 11 is 6.20. The van der Waals surface area contributed by atoms with Gasteiger partial charge in [0.25, 0.3) is 0 Å². The molecule has 3 rings (SSSR count). The van der Waals surface area contributed by atoms with E-state index in [0.717, 1.165) is 23.1 Å². The SMILES string of the molecule is Oc1c(Cl)cc(Cc2ccccc2)cc1Cc1ccccc1. The van der Waals surface area contributed by atoms with Crippen LogP contribution in [0.2, 0.25) is 5.02 Å². The molecule has 0 saturated carbocycles. The Bertz CT molecular complexity index is 751. The largest absolute Gasteiger partial charge is 0.506 e. The van der Waals surface area contributed by atoms with Crippen molar-refractivity contribution in [1.82, 2.24) is 0 Å². The maximum Gasteiger partial charge on any atom is 0.137 e. The molecule has 1 nitrogen and oxygen atoms in total. The molecule has 0 radical (unpaired) electrons. The molecule has 0 bridgehead atoms. The number of halogens is 1. The highest BCUT2D eigenvalue weighted by molar-refractivity contribution is 6.32. The highest BCUT2D eigenvalue weighted by Crippen LogP contribution is 2.31. The van der Waals surface area contributed by atoms with Gasteiger partial charge in [0.1, 0.15) is 5.75 Å². The average molecular weight is 309 g/mol. The lowest BCUT2D eigenvalue weighted by Crippen LogP contribution is -1.94. The van der Waals surface area contributed by atoms with Crippen LogP contribution in [0.25, 0.3) is 0 Å². The zero-order valence-corrected chi connectivity index (χ0v) is 12.9. The zero-order chi connectivity index (χ0) is 15.4. The summed E-state index contributed by atoms with van der Waals surface area (Å²) in [5, 5.41) is 10.6. The molecule has 110 valence electrons. The fourth-order valence-corrected chi connectivity index (χ4v) is 2.86. The Morgan fingerprint density at radius 2 is 1.23 bits per heavy atom. The summed E-state index contributed by atoms with van der Waals surface area (Å²) in [6, 6.07) is 24.2. The van der Waals surface area contributed by atoms with Crippen LogP contribution in [-0.4, -0.2) is 5.11 Å². The molecule has 0 atom stereocenters. The van der Waals surface area contributed by atoms with E-state index in [9.17, 15) is 5.11 Å². The number of hydrogen-bond donors (Lipinski definition) is 1. The first kappa shape index (κ1) is 14.7. The van der Waals surface area contributed by atoms with Gasteiger partial charge >= 0.3 is 0 Å². The first-order valence-corrected chi connectivity index (χ1v) is 7.68. The van der Waals surface area contributed by atoms with Crippen molar-refractivity contribution in [3.8, 4) is 5.75 Å². The smallest absolute Gasteiger partial charge is 0.137 e. The van der Waals surface area contributed by atoms with Gasteiger partial charge in [-0.25, -0.2) is 0 Å². The lowest BCUT2D eigenvalue weighted by Gasteiger charge is -2.10. The van der Waals surface area contributed by atoms with Crippen molar-refractivity contribution in [2.45, 2.75) is 12.8 Å². The van der Waals surface area contributed by atoms with Gasteiger partial charge in [-0.15, -0.1) is 0 Å². The first-order chi connectivity index (χ1) is 10.7. The van der Waals surface area contributed by atoms with Crippen LogP contribution < -0.4 is 0 Å². The van der Waals surface area contributed by atoms with Gasteiger partial charge in [-0.3, -0.25) is 0 Å². The lowest BCUT2D eigenvalue weighted by atomic mass is 9.98. The first-order valence-electron chi connectivity index (χ1n) is 7.30. The summed E-state index contributed by atoms with van der Waals surface area (Å²) in [5.41, 5.74) is 4.37. The molecular formula is C20H17ClO. The van der Waals surface area contributed by atoms with Gasteiger partial charge in [-0.05, 0) is 29.2 Å². The molecule has 3 aromatic rings. The Balaban J connectivity index is 1.90. The molecule has 1 N–H and O–H groups in total. The quantitative estimate of drug-likeness (QED) is 0.700. The molecule has 0 amide bonds. The van der Waals surface area contributed by atoms with Gasteiger partial charge < -0.3 is 5.11 Å². The Kier molecular flexibility index (Phi) is 4.45. The van der Waals surface area contributed by atoms with Crippen LogP contribution in [0, 0.1) is 0 Å². The van der Waals surface area contributed by atoms with Gasteiger partial charge in [0.2, 0.25) is 0 Å². The normalized spacial score (nSPS) is 10.6. The minimum Gasteiger partial charge on any atom is -0.506 e. The Morgan fingerprint density at radius 3 is 1.82 bits per heavy atom. The summed E-state index contributed by atoms with van der Waals surface area (Å²) in [6.45, 7) is 0. The van der Waals surface area contributed by atoms with Gasteiger partial charge in [0.05, 0.1) is 5.02 Å². The second-order valence-corrected chi connectivity index (χ2v) is 5.82. The molecule has 0 aliphatic rings. The van der Waals surface area contributed by atoms with Gasteiger partial charge in [-0.1, -0.05) is 78.3 Å². The molecule has 0 heterocycles. The monoisotopic (exact) mass is 308 g/mol. The van der Waals surface area contributed by atoms with Crippen LogP contribution in [0.5, 0.6) is 5.75 Å². The van der Waals surface area contributed by atoms with E-state index in [-0.39, 0.29) is 5.75 Å². The van der Waals surface area contributed by atoms with Crippen molar-refractivity contribution < 1.29 is 5.11 Å². The maximum atomic E-state index is 10.2. The van der Waals surface area contributed by atoms with E-state index in [2.05, 4.69) is 24.3 Å². The van der Waals surface area contributed by atoms with E-state index >= 15 is 0 Å². The topological polar surface area (TPSA) is 20.2 Å². The second-order valence-electron chi connectivity index (χ2n) is 5.41. The van der Waals surface area contributed by atoms with E-state index in [1.54, 1.807) is 0 Å². The van der Waals surface area contributed by atoms with E-state index in [4.69, 9.17) is 11.6 Å². The third-order valence-electron chi connectivity index (χ3n) is 3.69. The summed E-state index contributed by atoms with van der Waals surface area (Å²) in [4.78, 5) is 0. The minimum atomic E-state index is 0.183. The lowest BCUT2D eigenvalue weighted by molar-refractivity contribution is 0.469. The van der Waals surface area contributed by atoms with E-state index in [1.807, 2.05) is 48.5 Å². The molecule has 0 spiro atoms. The second kappa shape index (κ2) is 6.67. The molecule has 3 aromatic carbocycles. The third-order valence-corrected chi connectivity index (χ3v) is 3.98. The van der Waals surface area contributed by atoms with E-state index in [0.29, 0.717) is 11.4 Å². The van der Waals surface area contributed by atoms with Crippen molar-refractivity contribution >= 4 is 11.6 Å². The number of aromatic hydroxyl groups is 1. The Hall–Kier alpha value is -2.25. The number of phenolic OH excluding ortho intramolecular Hbond substituents is 1. The van der Waals surface area contributed by atoms with Crippen LogP contribution in [0.15, 0.2) is 72.8 Å². The molecule has 0 aromatic heterocycles. The molecule has 0 unspecified atom stereocenters. The predicted molar refractivity (Wildman–Crippen MR) is 91.6 cm³/mol. The summed E-state index contributed by atoms with van der Waals surface area (Å²) in [6.07, 6.45) is 1.48. The molecule has 2 heteroatoms. The standard InChI is InChI=1S/C20H17ClO/c21-19-14-17(11-15-7-3-1-4-8-15)13-18(20(19)22)12-16-9-5-2-6-10-16/h1-10,13-14,22H,11-12H2. The van der Waals surface area contributed by atoms with Gasteiger partial charge in [0.15, 0.2) is 0 Å². The fraction of sp³-hybridized carbons (Fsp3) is 0.100. The molecule has 0 fully saturated rings. The zero-order valence-electron chi connectivity index (χ0n) is 12.2. The third kappa shape index (κ3) is 3.49. The molecular weight excluding hydrogens is 292 g/mol. The molecule has 0 aliphatic carbocycles. The molecule has 0 aliphatic heterocycles. The van der Waals surface area contributed by atoms with Crippen LogP contribution in [0.1, 0.15) is 22.3 Å². The van der Waals surface area contributed by atoms with Crippen LogP contribution >= 0.6 is 11.6 Å². The van der Waals surface area contributed by atoms with Crippen LogP contribution in [0.4, 0.5) is 0 Å². The highest BCUT2D eigenvalue weighted by Gasteiger charge is 2.10. The Labute approximate surface area is 135 Å². The number of hydrogen-bond acceptors (Lipinski definition) is 1. The summed E-state index contributed by atoms with van der Waals surface area (Å²) in [5.74, 6) is 0.183. The summed E-state index contributed by atoms with van der Waals surface area (Å²) in [7, 11) is 0. The Morgan fingerprint density at radius 1 is 0.682 bits per heavy atom. The van der Waals surface area contributed by atoms with E-state index in [1.165, 1.54) is 5.56 Å². The maximum absolute atomic E-state index is 10.2.